The smallest absolute Gasteiger partial charge is 0.465 e. The molecule has 4 rings (SSSR count). The number of ether oxygens (including phenoxy) is 4. The van der Waals surface area contributed by atoms with E-state index in [-0.39, 0.29) is 43.8 Å². The van der Waals surface area contributed by atoms with Crippen LogP contribution in [0, 0.1) is 29.1 Å². The second kappa shape index (κ2) is 23.9. The van der Waals surface area contributed by atoms with Crippen molar-refractivity contribution in [1.82, 2.24) is 4.90 Å². The van der Waals surface area contributed by atoms with Crippen molar-refractivity contribution in [3.8, 4) is 0 Å². The molecular formula is C41H69NO7. The van der Waals surface area contributed by atoms with Crippen molar-refractivity contribution >= 4 is 18.1 Å². The zero-order valence-corrected chi connectivity index (χ0v) is 31.3. The predicted molar refractivity (Wildman–Crippen MR) is 195 cm³/mol. The molecule has 4 aliphatic carbocycles. The highest BCUT2D eigenvalue weighted by atomic mass is 16.7. The monoisotopic (exact) mass is 688 g/mol. The maximum absolute atomic E-state index is 13.0. The highest BCUT2D eigenvalue weighted by molar-refractivity contribution is 5.71. The third-order valence-electron chi connectivity index (χ3n) is 11.1. The molecule has 0 N–H and O–H groups in total. The number of hydrogen-bond acceptors (Lipinski definition) is 8. The average Bonchev–Trinajstić information content (AvgIpc) is 3.47. The van der Waals surface area contributed by atoms with Crippen LogP contribution in [0.1, 0.15) is 143 Å². The van der Waals surface area contributed by atoms with Gasteiger partial charge in [0.1, 0.15) is 19.8 Å². The van der Waals surface area contributed by atoms with Gasteiger partial charge in [0, 0.05) is 13.0 Å². The fourth-order valence-corrected chi connectivity index (χ4v) is 8.52. The van der Waals surface area contributed by atoms with E-state index in [9.17, 15) is 14.4 Å². The number of unbranched alkanes of at least 4 members (excludes halogenated alkanes) is 8. The molecule has 3 unspecified atom stereocenters. The second-order valence-electron chi connectivity index (χ2n) is 15.1. The van der Waals surface area contributed by atoms with Crippen LogP contribution in [0.25, 0.3) is 0 Å². The third kappa shape index (κ3) is 16.0. The van der Waals surface area contributed by atoms with Crippen molar-refractivity contribution in [3.05, 3.63) is 24.3 Å². The molecule has 0 amide bonds. The van der Waals surface area contributed by atoms with Crippen molar-refractivity contribution in [3.63, 3.8) is 0 Å². The van der Waals surface area contributed by atoms with E-state index in [1.165, 1.54) is 51.4 Å². The van der Waals surface area contributed by atoms with E-state index in [0.29, 0.717) is 18.8 Å². The summed E-state index contributed by atoms with van der Waals surface area (Å²) in [7, 11) is 0. The Balaban J connectivity index is 1.30. The minimum Gasteiger partial charge on any atom is -0.465 e. The first-order valence-corrected chi connectivity index (χ1v) is 20.0. The summed E-state index contributed by atoms with van der Waals surface area (Å²) in [6, 6.07) is 0. The van der Waals surface area contributed by atoms with Gasteiger partial charge < -0.3 is 23.8 Å². The Morgan fingerprint density at radius 1 is 0.694 bits per heavy atom. The van der Waals surface area contributed by atoms with Crippen LogP contribution in [0.4, 0.5) is 4.79 Å². The van der Waals surface area contributed by atoms with Gasteiger partial charge in [0.25, 0.3) is 0 Å². The number of esters is 2. The summed E-state index contributed by atoms with van der Waals surface area (Å²) in [6.07, 6.45) is 28.5. The topological polar surface area (TPSA) is 91.4 Å². The molecule has 4 aliphatic rings. The Hall–Kier alpha value is -2.35. The van der Waals surface area contributed by atoms with Gasteiger partial charge in [0.2, 0.25) is 0 Å². The third-order valence-corrected chi connectivity index (χ3v) is 11.1. The Morgan fingerprint density at radius 2 is 1.31 bits per heavy atom. The van der Waals surface area contributed by atoms with Crippen LogP contribution >= 0.6 is 0 Å². The molecule has 4 fully saturated rings. The molecular weight excluding hydrogens is 618 g/mol. The lowest BCUT2D eigenvalue weighted by molar-refractivity contribution is -0.152. The van der Waals surface area contributed by atoms with E-state index in [1.807, 2.05) is 0 Å². The van der Waals surface area contributed by atoms with Gasteiger partial charge in [-0.25, -0.2) is 4.79 Å². The van der Waals surface area contributed by atoms with Crippen LogP contribution in [0.5, 0.6) is 0 Å². The van der Waals surface area contributed by atoms with Crippen molar-refractivity contribution in [1.29, 1.82) is 0 Å². The van der Waals surface area contributed by atoms with Gasteiger partial charge in [-0.1, -0.05) is 77.2 Å². The van der Waals surface area contributed by atoms with Crippen LogP contribution in [0.2, 0.25) is 0 Å². The molecule has 0 heterocycles. The van der Waals surface area contributed by atoms with Crippen molar-refractivity contribution < 1.29 is 33.3 Å². The van der Waals surface area contributed by atoms with Gasteiger partial charge in [0.05, 0.1) is 18.9 Å². The van der Waals surface area contributed by atoms with Crippen molar-refractivity contribution in [2.24, 2.45) is 29.1 Å². The van der Waals surface area contributed by atoms with Crippen molar-refractivity contribution in [2.45, 2.75) is 143 Å². The largest absolute Gasteiger partial charge is 0.508 e. The Bertz CT molecular complexity index is 992. The van der Waals surface area contributed by atoms with E-state index in [4.69, 9.17) is 18.9 Å². The molecule has 0 saturated heterocycles. The number of nitrogens with zero attached hydrogens (tertiary/aromatic N) is 1. The van der Waals surface area contributed by atoms with E-state index in [1.54, 1.807) is 0 Å². The Morgan fingerprint density at radius 3 is 1.98 bits per heavy atom. The summed E-state index contributed by atoms with van der Waals surface area (Å²) in [5.41, 5.74) is 0.125. The SMILES string of the molecule is CCCCC/C=C\C/C=C\CCCCCCCC(=O)OCC(COC(=O)CC12CC3CC(CC1C3)C2)COC(=O)OCCCN(CC)CC. The van der Waals surface area contributed by atoms with E-state index in [0.717, 1.165) is 89.3 Å². The first-order chi connectivity index (χ1) is 23.9. The number of allylic oxidation sites excluding steroid dienone is 4. The van der Waals surface area contributed by atoms with Crippen LogP contribution in [0.3, 0.4) is 0 Å². The summed E-state index contributed by atoms with van der Waals surface area (Å²) in [5.74, 6) is 1.34. The highest BCUT2D eigenvalue weighted by Gasteiger charge is 2.58. The summed E-state index contributed by atoms with van der Waals surface area (Å²) >= 11 is 0. The van der Waals surface area contributed by atoms with E-state index < -0.39 is 12.1 Å². The van der Waals surface area contributed by atoms with Gasteiger partial charge in [-0.2, -0.15) is 0 Å². The maximum atomic E-state index is 13.0. The predicted octanol–water partition coefficient (Wildman–Crippen LogP) is 9.60. The Kier molecular flexibility index (Phi) is 20.1. The quantitative estimate of drug-likeness (QED) is 0.0348. The molecule has 8 nitrogen and oxygen atoms in total. The fourth-order valence-electron chi connectivity index (χ4n) is 8.52. The fraction of sp³-hybridized carbons (Fsp3) is 0.829. The van der Waals surface area contributed by atoms with Crippen LogP contribution in [-0.4, -0.2) is 69.1 Å². The first kappa shape index (κ1) is 41.1. The first-order valence-electron chi connectivity index (χ1n) is 20.0. The molecule has 3 atom stereocenters. The molecule has 0 aromatic carbocycles. The Labute approximate surface area is 298 Å². The standard InChI is InChI=1S/C41H69NO7/c1-4-7-8-9-10-11-12-13-14-15-16-17-18-19-20-22-38(43)47-31-36(33-49-40(45)46-24-21-23-42(5-2)6-3)32-48-39(44)30-41-28-34-25-35(29-41)27-37(41)26-34/h10-11,13-14,34-37H,4-9,12,15-33H2,1-3H3/b11-10-,14-13-. The lowest BCUT2D eigenvalue weighted by Gasteiger charge is -2.32. The molecule has 49 heavy (non-hydrogen) atoms. The lowest BCUT2D eigenvalue weighted by atomic mass is 9.73. The van der Waals surface area contributed by atoms with Crippen LogP contribution in [0.15, 0.2) is 24.3 Å². The maximum Gasteiger partial charge on any atom is 0.508 e. The number of carbonyl (C=O) groups is 3. The molecule has 4 bridgehead atoms. The van der Waals surface area contributed by atoms with Gasteiger partial charge in [-0.15, -0.1) is 0 Å². The average molecular weight is 688 g/mol. The minimum atomic E-state index is -0.745. The molecule has 0 aliphatic heterocycles. The van der Waals surface area contributed by atoms with Gasteiger partial charge in [-0.05, 0) is 113 Å². The highest BCUT2D eigenvalue weighted by Crippen LogP contribution is 2.66. The normalized spacial score (nSPS) is 23.1. The summed E-state index contributed by atoms with van der Waals surface area (Å²) in [6.45, 7) is 9.57. The molecule has 0 aromatic rings. The summed E-state index contributed by atoms with van der Waals surface area (Å²) in [4.78, 5) is 40.1. The lowest BCUT2D eigenvalue weighted by Crippen LogP contribution is -2.30. The van der Waals surface area contributed by atoms with Gasteiger partial charge >= 0.3 is 18.1 Å². The zero-order chi connectivity index (χ0) is 35.2. The molecule has 4 saturated carbocycles. The van der Waals surface area contributed by atoms with Crippen molar-refractivity contribution in [2.75, 3.05) is 46.1 Å². The van der Waals surface area contributed by atoms with Crippen LogP contribution in [-0.2, 0) is 28.5 Å². The number of rotatable bonds is 28. The van der Waals surface area contributed by atoms with E-state index >= 15 is 0 Å². The summed E-state index contributed by atoms with van der Waals surface area (Å²) in [5, 5.41) is 0. The van der Waals surface area contributed by atoms with Crippen LogP contribution < -0.4 is 0 Å². The van der Waals surface area contributed by atoms with E-state index in [2.05, 4.69) is 50.0 Å². The zero-order valence-electron chi connectivity index (χ0n) is 31.3. The molecule has 280 valence electrons. The molecule has 0 radical (unpaired) electrons. The van der Waals surface area contributed by atoms with Gasteiger partial charge in [0.15, 0.2) is 0 Å². The van der Waals surface area contributed by atoms with Gasteiger partial charge in [-0.3, -0.25) is 9.59 Å². The minimum absolute atomic E-state index is 0.0307. The molecule has 8 heteroatoms. The molecule has 0 spiro atoms. The molecule has 0 aromatic heterocycles. The summed E-state index contributed by atoms with van der Waals surface area (Å²) < 4.78 is 22.0. The second-order valence-corrected chi connectivity index (χ2v) is 15.1. The number of carbonyl (C=O) groups excluding carboxylic acids is 3. The number of hydrogen-bond donors (Lipinski definition) is 0.